The van der Waals surface area contributed by atoms with E-state index in [4.69, 9.17) is 6.42 Å². The molecule has 0 aliphatic rings. The van der Waals surface area contributed by atoms with Gasteiger partial charge in [-0.2, -0.15) is 0 Å². The van der Waals surface area contributed by atoms with Gasteiger partial charge in [-0.25, -0.2) is 0 Å². The molecule has 8 aromatic rings. The predicted octanol–water partition coefficient (Wildman–Crippen LogP) is 16.7. The summed E-state index contributed by atoms with van der Waals surface area (Å²) in [7, 11) is 0. The van der Waals surface area contributed by atoms with Crippen molar-refractivity contribution in [3.05, 3.63) is 253 Å². The van der Waals surface area contributed by atoms with Gasteiger partial charge in [0.05, 0.1) is 5.70 Å². The standard InChI is InChI=1S/C57H48N4.C2H6/c1-5-47(59(48-22-10-6-11-23-48)49-24-12-7-13-25-49)33-32-46(4)58(52-34-38-54(39-35-52)60(50-26-14-8-15-27-50)56-30-18-20-44(2)42-56)53-36-40-55(41-37-53)61(51-28-16-9-17-29-51)57-31-19-21-45(3)43-57;1-2/h1,6-43H,2-4H3;1-2H3/b46-32+,47-33+;. The van der Waals surface area contributed by atoms with E-state index in [0.29, 0.717) is 0 Å². The number of para-hydroxylation sites is 4. The van der Waals surface area contributed by atoms with Crippen LogP contribution < -0.4 is 19.6 Å². The summed E-state index contributed by atoms with van der Waals surface area (Å²) < 4.78 is 0. The van der Waals surface area contributed by atoms with Crippen LogP contribution in [0.3, 0.4) is 0 Å². The lowest BCUT2D eigenvalue weighted by atomic mass is 10.1. The lowest BCUT2D eigenvalue weighted by Gasteiger charge is -2.30. The zero-order valence-electron chi connectivity index (χ0n) is 36.8. The fourth-order valence-electron chi connectivity index (χ4n) is 7.68. The number of benzene rings is 8. The van der Waals surface area contributed by atoms with Crippen LogP contribution in [0.4, 0.5) is 56.9 Å². The summed E-state index contributed by atoms with van der Waals surface area (Å²) in [5.74, 6) is 3.00. The van der Waals surface area contributed by atoms with Crippen LogP contribution in [0.15, 0.2) is 242 Å². The predicted molar refractivity (Wildman–Crippen MR) is 271 cm³/mol. The van der Waals surface area contributed by atoms with E-state index >= 15 is 0 Å². The molecule has 0 saturated heterocycles. The second kappa shape index (κ2) is 21.0. The Kier molecular flexibility index (Phi) is 14.4. The van der Waals surface area contributed by atoms with E-state index in [-0.39, 0.29) is 0 Å². The minimum absolute atomic E-state index is 0.718. The molecule has 63 heavy (non-hydrogen) atoms. The molecule has 4 nitrogen and oxygen atoms in total. The second-order valence-corrected chi connectivity index (χ2v) is 14.9. The van der Waals surface area contributed by atoms with Gasteiger partial charge in [0.15, 0.2) is 0 Å². The third kappa shape index (κ3) is 10.3. The van der Waals surface area contributed by atoms with Crippen LogP contribution >= 0.6 is 0 Å². The van der Waals surface area contributed by atoms with Crippen LogP contribution in [0.5, 0.6) is 0 Å². The lowest BCUT2D eigenvalue weighted by Crippen LogP contribution is -2.17. The average molecular weight is 819 g/mol. The topological polar surface area (TPSA) is 13.0 Å². The van der Waals surface area contributed by atoms with Crippen molar-refractivity contribution in [2.75, 3.05) is 19.6 Å². The Labute approximate surface area is 375 Å². The van der Waals surface area contributed by atoms with Crippen molar-refractivity contribution in [1.82, 2.24) is 0 Å². The molecule has 0 spiro atoms. The number of hydrogen-bond donors (Lipinski definition) is 0. The van der Waals surface area contributed by atoms with Gasteiger partial charge in [-0.15, -0.1) is 6.42 Å². The molecule has 4 heteroatoms. The average Bonchev–Trinajstić information content (AvgIpc) is 3.33. The minimum atomic E-state index is 0.718. The molecule has 0 aliphatic heterocycles. The fourth-order valence-corrected chi connectivity index (χ4v) is 7.68. The van der Waals surface area contributed by atoms with Crippen LogP contribution in [0.1, 0.15) is 31.9 Å². The highest BCUT2D eigenvalue weighted by molar-refractivity contribution is 5.81. The first-order valence-electron chi connectivity index (χ1n) is 21.6. The maximum Gasteiger partial charge on any atom is 0.0967 e. The van der Waals surface area contributed by atoms with Crippen LogP contribution in [0, 0.1) is 26.2 Å². The highest BCUT2D eigenvalue weighted by Crippen LogP contribution is 2.40. The molecule has 0 atom stereocenters. The van der Waals surface area contributed by atoms with Gasteiger partial charge in [0.1, 0.15) is 0 Å². The summed E-state index contributed by atoms with van der Waals surface area (Å²) >= 11 is 0. The van der Waals surface area contributed by atoms with Crippen LogP contribution in [0.25, 0.3) is 0 Å². The Morgan fingerprint density at radius 2 is 0.667 bits per heavy atom. The molecule has 0 unspecified atom stereocenters. The number of anilines is 10. The number of allylic oxidation sites excluding steroid dienone is 4. The summed E-state index contributed by atoms with van der Waals surface area (Å²) in [6, 6.07) is 76.3. The Bertz CT molecular complexity index is 2600. The highest BCUT2D eigenvalue weighted by atomic mass is 15.2. The summed E-state index contributed by atoms with van der Waals surface area (Å²) in [4.78, 5) is 8.99. The Hall–Kier alpha value is -8.00. The molecule has 0 bridgehead atoms. The molecule has 0 heterocycles. The number of aryl methyl sites for hydroxylation is 2. The number of nitrogens with zero attached hydrogens (tertiary/aromatic N) is 4. The molecule has 0 aliphatic carbocycles. The number of rotatable bonds is 13. The molecule has 0 radical (unpaired) electrons. The molecule has 8 aromatic carbocycles. The molecule has 0 saturated carbocycles. The number of hydrogen-bond acceptors (Lipinski definition) is 4. The Balaban J connectivity index is 0.00000293. The molecule has 0 N–H and O–H groups in total. The van der Waals surface area contributed by atoms with Crippen molar-refractivity contribution in [2.24, 2.45) is 0 Å². The third-order valence-corrected chi connectivity index (χ3v) is 10.5. The minimum Gasteiger partial charge on any atom is -0.315 e. The van der Waals surface area contributed by atoms with Gasteiger partial charge in [0.25, 0.3) is 0 Å². The van der Waals surface area contributed by atoms with Crippen LogP contribution in [-0.4, -0.2) is 0 Å². The van der Waals surface area contributed by atoms with Crippen molar-refractivity contribution in [2.45, 2.75) is 34.6 Å². The molecule has 310 valence electrons. The first kappa shape index (κ1) is 43.1. The molecule has 0 fully saturated rings. The first-order valence-corrected chi connectivity index (χ1v) is 21.6. The van der Waals surface area contributed by atoms with Gasteiger partial charge >= 0.3 is 0 Å². The Morgan fingerprint density at radius 1 is 0.365 bits per heavy atom. The first-order chi connectivity index (χ1) is 31.0. The van der Waals surface area contributed by atoms with Crippen molar-refractivity contribution in [1.29, 1.82) is 0 Å². The largest absolute Gasteiger partial charge is 0.315 e. The van der Waals surface area contributed by atoms with E-state index in [1.807, 2.05) is 56.3 Å². The van der Waals surface area contributed by atoms with E-state index in [1.54, 1.807) is 0 Å². The van der Waals surface area contributed by atoms with E-state index in [2.05, 4.69) is 234 Å². The van der Waals surface area contributed by atoms with Gasteiger partial charge in [0, 0.05) is 62.6 Å². The summed E-state index contributed by atoms with van der Waals surface area (Å²) in [6.07, 6.45) is 10.5. The van der Waals surface area contributed by atoms with E-state index in [9.17, 15) is 0 Å². The maximum atomic E-state index is 6.32. The zero-order chi connectivity index (χ0) is 44.0. The van der Waals surface area contributed by atoms with Gasteiger partial charge < -0.3 is 19.6 Å². The zero-order valence-corrected chi connectivity index (χ0v) is 36.8. The third-order valence-electron chi connectivity index (χ3n) is 10.5. The van der Waals surface area contributed by atoms with Crippen LogP contribution in [0.2, 0.25) is 0 Å². The normalized spacial score (nSPS) is 11.1. The van der Waals surface area contributed by atoms with Crippen molar-refractivity contribution >= 4 is 56.9 Å². The van der Waals surface area contributed by atoms with Crippen molar-refractivity contribution < 1.29 is 0 Å². The van der Waals surface area contributed by atoms with Gasteiger partial charge in [-0.05, 0) is 165 Å². The van der Waals surface area contributed by atoms with Gasteiger partial charge in [-0.1, -0.05) is 117 Å². The van der Waals surface area contributed by atoms with Gasteiger partial charge in [0.2, 0.25) is 0 Å². The monoisotopic (exact) mass is 818 g/mol. The second-order valence-electron chi connectivity index (χ2n) is 14.9. The SMILES string of the molecule is C#C/C(=C\C=C(/C)N(c1ccc(N(c2ccccc2)c2cccc(C)c2)cc1)c1ccc(N(c2ccccc2)c2cccc(C)c2)cc1)N(c1ccccc1)c1ccccc1.CC. The van der Waals surface area contributed by atoms with E-state index in [0.717, 1.165) is 68.3 Å². The van der Waals surface area contributed by atoms with Gasteiger partial charge in [-0.3, -0.25) is 0 Å². The maximum absolute atomic E-state index is 6.32. The van der Waals surface area contributed by atoms with E-state index < -0.39 is 0 Å². The smallest absolute Gasteiger partial charge is 0.0967 e. The van der Waals surface area contributed by atoms with Crippen molar-refractivity contribution in [3.8, 4) is 12.3 Å². The lowest BCUT2D eigenvalue weighted by molar-refractivity contribution is 1.15. The quantitative estimate of drug-likeness (QED) is 0.0849. The molecule has 8 rings (SSSR count). The molecule has 0 aromatic heterocycles. The Morgan fingerprint density at radius 3 is 1.02 bits per heavy atom. The van der Waals surface area contributed by atoms with Crippen molar-refractivity contribution in [3.63, 3.8) is 0 Å². The molecule has 0 amide bonds. The van der Waals surface area contributed by atoms with Crippen LogP contribution in [-0.2, 0) is 0 Å². The molecular weight excluding hydrogens is 765 g/mol. The number of terminal acetylenes is 1. The summed E-state index contributed by atoms with van der Waals surface area (Å²) in [5, 5.41) is 0. The molecular formula is C59H54N4. The van der Waals surface area contributed by atoms with E-state index in [1.165, 1.54) is 11.1 Å². The summed E-state index contributed by atoms with van der Waals surface area (Å²) in [6.45, 7) is 10.4. The fraction of sp³-hybridized carbons (Fsp3) is 0.0847. The summed E-state index contributed by atoms with van der Waals surface area (Å²) in [5.41, 5.74) is 14.6. The highest BCUT2D eigenvalue weighted by Gasteiger charge is 2.19.